The summed E-state index contributed by atoms with van der Waals surface area (Å²) in [5.41, 5.74) is 9.74. The summed E-state index contributed by atoms with van der Waals surface area (Å²) in [6.07, 6.45) is -0.178. The number of nitrogens with two attached hydrogens (primary N) is 1. The Morgan fingerprint density at radius 1 is 1.09 bits per heavy atom. The van der Waals surface area contributed by atoms with Crippen LogP contribution >= 0.6 is 0 Å². The van der Waals surface area contributed by atoms with Gasteiger partial charge in [-0.15, -0.1) is 0 Å². The lowest BCUT2D eigenvalue weighted by molar-refractivity contribution is -0.120. The predicted octanol–water partition coefficient (Wildman–Crippen LogP) is 3.23. The number of amides is 1. The molecule has 0 radical (unpaired) electrons. The van der Waals surface area contributed by atoms with Crippen LogP contribution in [0.4, 0.5) is 5.69 Å². The summed E-state index contributed by atoms with van der Waals surface area (Å²) in [6, 6.07) is 14.9. The van der Waals surface area contributed by atoms with Gasteiger partial charge in [-0.2, -0.15) is 4.73 Å². The van der Waals surface area contributed by atoms with Gasteiger partial charge in [-0.1, -0.05) is 24.3 Å². The molecule has 35 heavy (non-hydrogen) atoms. The van der Waals surface area contributed by atoms with Gasteiger partial charge in [-0.05, 0) is 67.8 Å². The Labute approximate surface area is 203 Å². The molecular formula is C26H29N5O4. The molecule has 0 fully saturated rings. The van der Waals surface area contributed by atoms with Crippen LogP contribution in [0.25, 0.3) is 11.1 Å². The second kappa shape index (κ2) is 10.7. The van der Waals surface area contributed by atoms with E-state index in [1.54, 1.807) is 25.1 Å². The summed E-state index contributed by atoms with van der Waals surface area (Å²) in [7, 11) is 0. The van der Waals surface area contributed by atoms with E-state index in [0.717, 1.165) is 15.9 Å². The molecule has 1 aromatic heterocycles. The largest absolute Gasteiger partial charge is 0.478 e. The molecule has 1 amide bonds. The highest BCUT2D eigenvalue weighted by Crippen LogP contribution is 2.26. The fourth-order valence-corrected chi connectivity index (χ4v) is 3.59. The number of carboxylic acids is 1. The van der Waals surface area contributed by atoms with Crippen LogP contribution in [-0.4, -0.2) is 38.7 Å². The first-order valence-corrected chi connectivity index (χ1v) is 11.1. The molecule has 2 aromatic carbocycles. The van der Waals surface area contributed by atoms with Crippen molar-refractivity contribution in [2.75, 3.05) is 5.73 Å². The van der Waals surface area contributed by atoms with Gasteiger partial charge in [0.25, 0.3) is 0 Å². The lowest BCUT2D eigenvalue weighted by Crippen LogP contribution is -2.30. The number of carboxylic acid groups (broad SMARTS) is 1. The number of nitrogens with one attached hydrogen (secondary N) is 2. The second-order valence-corrected chi connectivity index (χ2v) is 8.51. The third-order valence-corrected chi connectivity index (χ3v) is 5.29. The molecule has 0 atom stereocenters. The van der Waals surface area contributed by atoms with E-state index in [0.29, 0.717) is 16.8 Å². The van der Waals surface area contributed by atoms with E-state index >= 15 is 0 Å². The Morgan fingerprint density at radius 3 is 2.37 bits per heavy atom. The lowest BCUT2D eigenvalue weighted by atomic mass is 9.99. The molecule has 0 bridgehead atoms. The molecule has 0 aliphatic carbocycles. The summed E-state index contributed by atoms with van der Waals surface area (Å²) in [4.78, 5) is 28.8. The van der Waals surface area contributed by atoms with Crippen LogP contribution in [0.2, 0.25) is 0 Å². The van der Waals surface area contributed by atoms with Crippen molar-refractivity contribution in [3.05, 3.63) is 82.5 Å². The van der Waals surface area contributed by atoms with E-state index < -0.39 is 5.97 Å². The van der Waals surface area contributed by atoms with Crippen LogP contribution < -0.4 is 16.5 Å². The molecule has 1 heterocycles. The van der Waals surface area contributed by atoms with E-state index in [4.69, 9.17) is 11.1 Å². The lowest BCUT2D eigenvalue weighted by Gasteiger charge is -2.15. The number of nitrogens with zero attached hydrogens (tertiary/aromatic N) is 2. The molecule has 0 unspecified atom stereocenters. The summed E-state index contributed by atoms with van der Waals surface area (Å²) >= 11 is 0. The van der Waals surface area contributed by atoms with Crippen molar-refractivity contribution in [1.29, 1.82) is 5.41 Å². The quantitative estimate of drug-likeness (QED) is 0.192. The number of aromatic carboxylic acids is 1. The van der Waals surface area contributed by atoms with Gasteiger partial charge in [0.2, 0.25) is 5.91 Å². The average molecular weight is 476 g/mol. The smallest absolute Gasteiger partial charge is 0.335 e. The van der Waals surface area contributed by atoms with Crippen LogP contribution in [0.3, 0.4) is 0 Å². The molecule has 9 nitrogen and oxygen atoms in total. The highest BCUT2D eigenvalue weighted by atomic mass is 16.5. The first kappa shape index (κ1) is 25.2. The van der Waals surface area contributed by atoms with E-state index in [2.05, 4.69) is 10.3 Å². The summed E-state index contributed by atoms with van der Waals surface area (Å²) in [6.45, 7) is 5.71. The minimum absolute atomic E-state index is 0.000515. The normalized spacial score (nSPS) is 11.5. The topological polar surface area (TPSA) is 154 Å². The number of aromatic nitrogens is 1. The minimum atomic E-state index is -1.13. The predicted molar refractivity (Wildman–Crippen MR) is 134 cm³/mol. The number of pyridine rings is 1. The van der Waals surface area contributed by atoms with Crippen molar-refractivity contribution in [2.24, 2.45) is 4.99 Å². The molecule has 0 aliphatic heterocycles. The zero-order chi connectivity index (χ0) is 25.7. The Kier molecular flexibility index (Phi) is 7.70. The van der Waals surface area contributed by atoms with Crippen molar-refractivity contribution < 1.29 is 19.9 Å². The maximum Gasteiger partial charge on any atom is 0.335 e. The van der Waals surface area contributed by atoms with E-state index in [-0.39, 0.29) is 47.3 Å². The van der Waals surface area contributed by atoms with Crippen LogP contribution in [0.5, 0.6) is 0 Å². The number of rotatable bonds is 8. The molecule has 3 rings (SSSR count). The van der Waals surface area contributed by atoms with E-state index in [1.807, 2.05) is 38.1 Å². The monoisotopic (exact) mass is 475 g/mol. The summed E-state index contributed by atoms with van der Waals surface area (Å²) < 4.78 is 0.861. The summed E-state index contributed by atoms with van der Waals surface area (Å²) in [5.74, 6) is -1.48. The number of carbonyl (C=O) groups is 2. The Hall–Kier alpha value is -4.40. The van der Waals surface area contributed by atoms with Gasteiger partial charge in [0.1, 0.15) is 0 Å². The number of benzene rings is 2. The maximum absolute atomic E-state index is 12.9. The van der Waals surface area contributed by atoms with Crippen molar-refractivity contribution in [3.63, 3.8) is 0 Å². The third-order valence-electron chi connectivity index (χ3n) is 5.29. The molecule has 182 valence electrons. The number of nitrogen functional groups attached to an aromatic ring is 1. The van der Waals surface area contributed by atoms with Gasteiger partial charge in [-0.3, -0.25) is 9.79 Å². The zero-order valence-corrected chi connectivity index (χ0v) is 19.9. The standard InChI is InChI=1S/C26H29N5O4/c1-15(2)30-24-9-8-22(19-10-20(26(33)34)12-21(28)11-19)23(31(24)35)13-25(32)29-14-17-4-6-18(7-5-17)16(3)27/h4-12,15,27,35H,13-14,28H2,1-3H3,(H,29,32)(H,33,34). The van der Waals surface area contributed by atoms with Gasteiger partial charge in [-0.25, -0.2) is 4.79 Å². The minimum Gasteiger partial charge on any atom is -0.478 e. The Morgan fingerprint density at radius 2 is 1.77 bits per heavy atom. The fraction of sp³-hybridized carbons (Fsp3) is 0.231. The fourth-order valence-electron chi connectivity index (χ4n) is 3.59. The number of anilines is 1. The van der Waals surface area contributed by atoms with Gasteiger partial charge < -0.3 is 26.8 Å². The van der Waals surface area contributed by atoms with Crippen molar-refractivity contribution in [3.8, 4) is 11.1 Å². The van der Waals surface area contributed by atoms with Crippen LogP contribution in [0.1, 0.15) is 48.0 Å². The van der Waals surface area contributed by atoms with Crippen LogP contribution in [-0.2, 0) is 17.8 Å². The van der Waals surface area contributed by atoms with Crippen molar-refractivity contribution >= 4 is 23.3 Å². The van der Waals surface area contributed by atoms with Gasteiger partial charge in [0.15, 0.2) is 5.49 Å². The van der Waals surface area contributed by atoms with Gasteiger partial charge in [0.05, 0.1) is 17.7 Å². The first-order chi connectivity index (χ1) is 16.5. The number of hydrogen-bond acceptors (Lipinski definition) is 6. The molecule has 0 aliphatic rings. The zero-order valence-electron chi connectivity index (χ0n) is 19.9. The van der Waals surface area contributed by atoms with Gasteiger partial charge >= 0.3 is 5.97 Å². The first-order valence-electron chi connectivity index (χ1n) is 11.1. The van der Waals surface area contributed by atoms with E-state index in [1.165, 1.54) is 12.1 Å². The number of hydrogen-bond donors (Lipinski definition) is 5. The molecule has 6 N–H and O–H groups in total. The van der Waals surface area contributed by atoms with Gasteiger partial charge in [0, 0.05) is 29.5 Å². The Balaban J connectivity index is 1.95. The average Bonchev–Trinajstić information content (AvgIpc) is 2.80. The highest BCUT2D eigenvalue weighted by Gasteiger charge is 2.17. The molecule has 3 aromatic rings. The molecule has 9 heteroatoms. The maximum atomic E-state index is 12.9. The van der Waals surface area contributed by atoms with Crippen molar-refractivity contribution in [2.45, 2.75) is 39.8 Å². The Bertz CT molecular complexity index is 1340. The molecular weight excluding hydrogens is 446 g/mol. The van der Waals surface area contributed by atoms with Crippen LogP contribution in [0.15, 0.2) is 59.6 Å². The summed E-state index contributed by atoms with van der Waals surface area (Å²) in [5, 5.41) is 30.9. The molecule has 0 saturated carbocycles. The molecule has 0 saturated heterocycles. The number of carbonyl (C=O) groups excluding carboxylic acids is 1. The molecule has 0 spiro atoms. The second-order valence-electron chi connectivity index (χ2n) is 8.51. The highest BCUT2D eigenvalue weighted by molar-refractivity contribution is 5.96. The van der Waals surface area contributed by atoms with Crippen molar-refractivity contribution in [1.82, 2.24) is 10.0 Å². The SMILES string of the molecule is CC(=N)c1ccc(CNC(=O)Cc2c(-c3cc(N)cc(C(=O)O)c3)ccc(=NC(C)C)n2O)cc1. The van der Waals surface area contributed by atoms with E-state index in [9.17, 15) is 19.9 Å². The van der Waals surface area contributed by atoms with Crippen LogP contribution in [0, 0.1) is 5.41 Å². The third kappa shape index (κ3) is 6.35.